The van der Waals surface area contributed by atoms with Gasteiger partial charge < -0.3 is 9.47 Å². The summed E-state index contributed by atoms with van der Waals surface area (Å²) < 4.78 is 151. The summed E-state index contributed by atoms with van der Waals surface area (Å²) in [5, 5.41) is 0. The Labute approximate surface area is 166 Å². The maximum Gasteiger partial charge on any atom is 0.460 e. The van der Waals surface area contributed by atoms with Crippen LogP contribution in [0.25, 0.3) is 0 Å². The lowest BCUT2D eigenvalue weighted by molar-refractivity contribution is -0.359. The van der Waals surface area contributed by atoms with Crippen LogP contribution in [0.2, 0.25) is 0 Å². The van der Waals surface area contributed by atoms with Gasteiger partial charge in [0.05, 0.1) is 0 Å². The van der Waals surface area contributed by atoms with E-state index in [0.717, 1.165) is 13.8 Å². The predicted octanol–water partition coefficient (Wildman–Crippen LogP) is 5.24. The van der Waals surface area contributed by atoms with Gasteiger partial charge in [0, 0.05) is 11.1 Å². The molecular formula is C15H14F12O4. The Bertz CT molecular complexity index is 676. The first-order valence-electron chi connectivity index (χ1n) is 7.33. The van der Waals surface area contributed by atoms with Crippen molar-refractivity contribution in [2.24, 2.45) is 0 Å². The minimum Gasteiger partial charge on any atom is -0.456 e. The van der Waals surface area contributed by atoms with Crippen molar-refractivity contribution in [2.45, 2.75) is 44.0 Å². The van der Waals surface area contributed by atoms with Crippen LogP contribution in [-0.2, 0) is 19.1 Å². The molecule has 0 aromatic carbocycles. The number of alkyl halides is 12. The average Bonchev–Trinajstić information content (AvgIpc) is 2.55. The molecule has 0 saturated heterocycles. The normalized spacial score (nSPS) is 13.0. The molecule has 31 heavy (non-hydrogen) atoms. The summed E-state index contributed by atoms with van der Waals surface area (Å²) in [4.78, 5) is 21.1. The van der Waals surface area contributed by atoms with Gasteiger partial charge in [-0.15, -0.1) is 0 Å². The molecule has 0 aromatic heterocycles. The molecule has 0 N–H and O–H groups in total. The van der Waals surface area contributed by atoms with E-state index >= 15 is 0 Å². The fourth-order valence-electron chi connectivity index (χ4n) is 0.939. The summed E-state index contributed by atoms with van der Waals surface area (Å²) in [7, 11) is 0. The molecule has 0 radical (unpaired) electrons. The van der Waals surface area contributed by atoms with E-state index in [1.54, 1.807) is 0 Å². The smallest absolute Gasteiger partial charge is 0.456 e. The average molecular weight is 486 g/mol. The molecule has 0 amide bonds. The van der Waals surface area contributed by atoms with Crippen molar-refractivity contribution in [3.8, 4) is 0 Å². The van der Waals surface area contributed by atoms with Crippen LogP contribution >= 0.6 is 0 Å². The van der Waals surface area contributed by atoms with Gasteiger partial charge in [-0.05, 0) is 13.8 Å². The van der Waals surface area contributed by atoms with E-state index in [9.17, 15) is 62.3 Å². The second-order valence-electron chi connectivity index (χ2n) is 5.69. The van der Waals surface area contributed by atoms with Gasteiger partial charge in [-0.25, -0.2) is 9.59 Å². The monoisotopic (exact) mass is 486 g/mol. The van der Waals surface area contributed by atoms with Crippen molar-refractivity contribution >= 4 is 11.9 Å². The standard InChI is InChI=1S/C8H7F7O2.C7H7F5O2/c1-4(2)5(16)17-3-6(9,10)7(11,12)8(13,14)15;1-4(2)5(13)14-3-6(8,9)7(10,11)12/h1,3H2,2H3;1,3H2,2H3. The minimum atomic E-state index is -6.44. The highest BCUT2D eigenvalue weighted by molar-refractivity contribution is 5.87. The van der Waals surface area contributed by atoms with Crippen LogP contribution < -0.4 is 0 Å². The van der Waals surface area contributed by atoms with Crippen LogP contribution in [0.4, 0.5) is 52.7 Å². The molecule has 0 aliphatic heterocycles. The molecule has 0 fully saturated rings. The molecule has 0 unspecified atom stereocenters. The van der Waals surface area contributed by atoms with Crippen molar-refractivity contribution in [1.82, 2.24) is 0 Å². The fraction of sp³-hybridized carbons (Fsp3) is 0.600. The van der Waals surface area contributed by atoms with Gasteiger partial charge in [-0.1, -0.05) is 13.2 Å². The van der Waals surface area contributed by atoms with Gasteiger partial charge >= 0.3 is 42.1 Å². The lowest BCUT2D eigenvalue weighted by Crippen LogP contribution is -2.54. The number of rotatable bonds is 7. The van der Waals surface area contributed by atoms with Crippen LogP contribution in [0.5, 0.6) is 0 Å². The van der Waals surface area contributed by atoms with Crippen molar-refractivity contribution in [1.29, 1.82) is 0 Å². The van der Waals surface area contributed by atoms with Crippen molar-refractivity contribution in [3.05, 3.63) is 24.3 Å². The Morgan fingerprint density at radius 2 is 0.903 bits per heavy atom. The van der Waals surface area contributed by atoms with Gasteiger partial charge in [0.2, 0.25) is 0 Å². The summed E-state index contributed by atoms with van der Waals surface area (Å²) in [5.41, 5.74) is -0.654. The Hall–Kier alpha value is -2.42. The molecule has 0 atom stereocenters. The second-order valence-corrected chi connectivity index (χ2v) is 5.69. The lowest BCUT2D eigenvalue weighted by atomic mass is 10.2. The van der Waals surface area contributed by atoms with Crippen LogP contribution in [0, 0.1) is 0 Å². The Morgan fingerprint density at radius 3 is 1.13 bits per heavy atom. The summed E-state index contributed by atoms with van der Waals surface area (Å²) in [6.07, 6.45) is -12.2. The summed E-state index contributed by atoms with van der Waals surface area (Å²) in [6, 6.07) is 0. The fourth-order valence-corrected chi connectivity index (χ4v) is 0.939. The maximum atomic E-state index is 12.5. The van der Waals surface area contributed by atoms with Crippen molar-refractivity contribution < 1.29 is 71.7 Å². The third-order valence-corrected chi connectivity index (χ3v) is 2.70. The SMILES string of the molecule is C=C(C)C(=O)OCC(F)(F)C(F)(F)C(F)(F)F.C=C(C)C(=O)OCC(F)(F)C(F)(F)F. The highest BCUT2D eigenvalue weighted by atomic mass is 19.4. The molecule has 0 rings (SSSR count). The zero-order valence-corrected chi connectivity index (χ0v) is 15.5. The number of carbonyl (C=O) groups is 2. The zero-order valence-electron chi connectivity index (χ0n) is 15.5. The summed E-state index contributed by atoms with van der Waals surface area (Å²) in [5.74, 6) is -19.6. The number of ether oxygens (including phenoxy) is 2. The molecule has 16 heteroatoms. The minimum absolute atomic E-state index is 0.247. The number of esters is 2. The Morgan fingerprint density at radius 1 is 0.613 bits per heavy atom. The van der Waals surface area contributed by atoms with Crippen molar-refractivity contribution in [2.75, 3.05) is 13.2 Å². The lowest BCUT2D eigenvalue weighted by Gasteiger charge is -2.27. The van der Waals surface area contributed by atoms with E-state index in [1.807, 2.05) is 0 Å². The van der Waals surface area contributed by atoms with Gasteiger partial charge in [-0.2, -0.15) is 52.7 Å². The first kappa shape index (κ1) is 30.8. The van der Waals surface area contributed by atoms with Crippen molar-refractivity contribution in [3.63, 3.8) is 0 Å². The quantitative estimate of drug-likeness (QED) is 0.281. The first-order valence-corrected chi connectivity index (χ1v) is 7.33. The number of halogens is 12. The van der Waals surface area contributed by atoms with Gasteiger partial charge in [0.25, 0.3) is 0 Å². The molecule has 0 saturated carbocycles. The molecule has 0 bridgehead atoms. The van der Waals surface area contributed by atoms with Gasteiger partial charge in [0.15, 0.2) is 13.2 Å². The maximum absolute atomic E-state index is 12.5. The molecular weight excluding hydrogens is 472 g/mol. The molecule has 0 spiro atoms. The summed E-state index contributed by atoms with van der Waals surface area (Å²) >= 11 is 0. The molecule has 0 aromatic rings. The van der Waals surface area contributed by atoms with E-state index in [0.29, 0.717) is 0 Å². The van der Waals surface area contributed by atoms with Gasteiger partial charge in [-0.3, -0.25) is 0 Å². The molecule has 182 valence electrons. The Balaban J connectivity index is 0. The molecule has 0 aliphatic rings. The molecule has 0 heterocycles. The summed E-state index contributed by atoms with van der Waals surface area (Å²) in [6.45, 7) is 3.69. The molecule has 4 nitrogen and oxygen atoms in total. The topological polar surface area (TPSA) is 52.6 Å². The van der Waals surface area contributed by atoms with E-state index in [1.165, 1.54) is 0 Å². The highest BCUT2D eigenvalue weighted by Gasteiger charge is 2.73. The number of carbonyl (C=O) groups excluding carboxylic acids is 2. The zero-order chi connectivity index (χ0) is 25.6. The van der Waals surface area contributed by atoms with E-state index in [-0.39, 0.29) is 5.57 Å². The van der Waals surface area contributed by atoms with Crippen LogP contribution in [0.15, 0.2) is 24.3 Å². The Kier molecular flexibility index (Phi) is 10.2. The predicted molar refractivity (Wildman–Crippen MR) is 78.5 cm³/mol. The van der Waals surface area contributed by atoms with Crippen LogP contribution in [0.1, 0.15) is 13.8 Å². The van der Waals surface area contributed by atoms with E-state index in [2.05, 4.69) is 22.6 Å². The number of hydrogen-bond acceptors (Lipinski definition) is 4. The van der Waals surface area contributed by atoms with E-state index in [4.69, 9.17) is 0 Å². The van der Waals surface area contributed by atoms with Crippen LogP contribution in [-0.4, -0.2) is 55.3 Å². The molecule has 0 aliphatic carbocycles. The first-order chi connectivity index (χ1) is 13.4. The van der Waals surface area contributed by atoms with Crippen LogP contribution in [0.3, 0.4) is 0 Å². The second kappa shape index (κ2) is 10.3. The highest BCUT2D eigenvalue weighted by Crippen LogP contribution is 2.46. The third kappa shape index (κ3) is 9.08. The number of hydrogen-bond donors (Lipinski definition) is 0. The third-order valence-electron chi connectivity index (χ3n) is 2.70. The van der Waals surface area contributed by atoms with Gasteiger partial charge in [0.1, 0.15) is 0 Å². The van der Waals surface area contributed by atoms with E-state index < -0.39 is 60.8 Å². The largest absolute Gasteiger partial charge is 0.460 e.